The smallest absolute Gasteiger partial charge is 0.150 e. The summed E-state index contributed by atoms with van der Waals surface area (Å²) in [5.41, 5.74) is 1.47. The average molecular weight is 249 g/mol. The normalized spacial score (nSPS) is 16.8. The minimum Gasteiger partial charge on any atom is -0.359 e. The van der Waals surface area contributed by atoms with E-state index in [4.69, 9.17) is 0 Å². The fourth-order valence-electron chi connectivity index (χ4n) is 3.08. The SMILES string of the molecule is Fc1cc(F)c2[nH]cc(CCC3CCCC3)c2c1. The zero-order valence-corrected chi connectivity index (χ0v) is 10.3. The maximum atomic E-state index is 13.5. The highest BCUT2D eigenvalue weighted by atomic mass is 19.1. The number of aromatic nitrogens is 1. The standard InChI is InChI=1S/C15H17F2N/c16-12-7-13-11(6-5-10-3-1-2-4-10)9-18-15(13)14(17)8-12/h7-10,18H,1-6H2. The van der Waals surface area contributed by atoms with Crippen LogP contribution in [-0.2, 0) is 6.42 Å². The second-order valence-corrected chi connectivity index (χ2v) is 5.31. The van der Waals surface area contributed by atoms with E-state index in [1.807, 2.05) is 6.20 Å². The maximum absolute atomic E-state index is 13.5. The summed E-state index contributed by atoms with van der Waals surface area (Å²) in [5, 5.41) is 0.700. The summed E-state index contributed by atoms with van der Waals surface area (Å²) < 4.78 is 26.8. The number of fused-ring (bicyclic) bond motifs is 1. The molecule has 1 aliphatic rings. The van der Waals surface area contributed by atoms with Crippen molar-refractivity contribution in [3.63, 3.8) is 0 Å². The molecule has 0 radical (unpaired) electrons. The van der Waals surface area contributed by atoms with Gasteiger partial charge in [0.25, 0.3) is 0 Å². The van der Waals surface area contributed by atoms with Crippen molar-refractivity contribution in [3.05, 3.63) is 35.5 Å². The molecule has 1 aliphatic carbocycles. The molecule has 0 amide bonds. The van der Waals surface area contributed by atoms with Crippen molar-refractivity contribution >= 4 is 10.9 Å². The zero-order chi connectivity index (χ0) is 12.5. The van der Waals surface area contributed by atoms with Gasteiger partial charge in [-0.2, -0.15) is 0 Å². The van der Waals surface area contributed by atoms with E-state index in [0.717, 1.165) is 30.4 Å². The van der Waals surface area contributed by atoms with Crippen LogP contribution in [-0.4, -0.2) is 4.98 Å². The van der Waals surface area contributed by atoms with Crippen molar-refractivity contribution < 1.29 is 8.78 Å². The van der Waals surface area contributed by atoms with Gasteiger partial charge in [0.2, 0.25) is 0 Å². The Hall–Kier alpha value is -1.38. The first kappa shape index (κ1) is 11.7. The van der Waals surface area contributed by atoms with E-state index in [0.29, 0.717) is 10.9 Å². The minimum atomic E-state index is -0.503. The summed E-state index contributed by atoms with van der Waals surface area (Å²) in [5.74, 6) is -0.202. The Balaban J connectivity index is 1.83. The number of hydrogen-bond donors (Lipinski definition) is 1. The van der Waals surface area contributed by atoms with Gasteiger partial charge in [0.15, 0.2) is 0 Å². The van der Waals surface area contributed by atoms with Gasteiger partial charge in [0.1, 0.15) is 11.6 Å². The number of rotatable bonds is 3. The second kappa shape index (κ2) is 4.71. The molecule has 18 heavy (non-hydrogen) atoms. The van der Waals surface area contributed by atoms with Crippen LogP contribution in [0.5, 0.6) is 0 Å². The predicted octanol–water partition coefficient (Wildman–Crippen LogP) is 4.57. The third-order valence-corrected chi connectivity index (χ3v) is 4.09. The Labute approximate surface area is 105 Å². The molecular formula is C15H17F2N. The Bertz CT molecular complexity index is 553. The highest BCUT2D eigenvalue weighted by Gasteiger charge is 2.16. The molecule has 3 rings (SSSR count). The van der Waals surface area contributed by atoms with Gasteiger partial charge in [0, 0.05) is 17.6 Å². The van der Waals surface area contributed by atoms with Crippen LogP contribution in [0.3, 0.4) is 0 Å². The maximum Gasteiger partial charge on any atom is 0.150 e. The van der Waals surface area contributed by atoms with E-state index in [9.17, 15) is 8.78 Å². The predicted molar refractivity (Wildman–Crippen MR) is 68.5 cm³/mol. The number of nitrogens with one attached hydrogen (secondary N) is 1. The zero-order valence-electron chi connectivity index (χ0n) is 10.3. The van der Waals surface area contributed by atoms with Crippen molar-refractivity contribution in [3.8, 4) is 0 Å². The van der Waals surface area contributed by atoms with E-state index < -0.39 is 11.6 Å². The third-order valence-electron chi connectivity index (χ3n) is 4.09. The third kappa shape index (κ3) is 2.14. The fourth-order valence-corrected chi connectivity index (χ4v) is 3.08. The summed E-state index contributed by atoms with van der Waals surface area (Å²) in [6.45, 7) is 0. The number of halogens is 2. The number of H-pyrrole nitrogens is 1. The molecule has 96 valence electrons. The van der Waals surface area contributed by atoms with Gasteiger partial charge in [-0.15, -0.1) is 0 Å². The van der Waals surface area contributed by atoms with Crippen LogP contribution in [0.15, 0.2) is 18.3 Å². The van der Waals surface area contributed by atoms with Crippen molar-refractivity contribution in [1.29, 1.82) is 0 Å². The van der Waals surface area contributed by atoms with Gasteiger partial charge in [-0.25, -0.2) is 8.78 Å². The summed E-state index contributed by atoms with van der Waals surface area (Å²) in [4.78, 5) is 2.92. The summed E-state index contributed by atoms with van der Waals surface area (Å²) in [6, 6.07) is 2.36. The average Bonchev–Trinajstić information content (AvgIpc) is 2.94. The van der Waals surface area contributed by atoms with Crippen LogP contribution < -0.4 is 0 Å². The lowest BCUT2D eigenvalue weighted by molar-refractivity contribution is 0.504. The van der Waals surface area contributed by atoms with Crippen molar-refractivity contribution in [2.45, 2.75) is 38.5 Å². The molecule has 0 spiro atoms. The van der Waals surface area contributed by atoms with Crippen molar-refractivity contribution in [1.82, 2.24) is 4.98 Å². The molecule has 0 bridgehead atoms. The molecule has 0 aliphatic heterocycles. The molecule has 1 saturated carbocycles. The van der Waals surface area contributed by atoms with Crippen LogP contribution >= 0.6 is 0 Å². The van der Waals surface area contributed by atoms with Gasteiger partial charge in [-0.05, 0) is 30.4 Å². The molecule has 1 heterocycles. The molecule has 3 heteroatoms. The van der Waals surface area contributed by atoms with Gasteiger partial charge in [-0.3, -0.25) is 0 Å². The van der Waals surface area contributed by atoms with Crippen LogP contribution in [0.25, 0.3) is 10.9 Å². The Morgan fingerprint density at radius 3 is 2.72 bits per heavy atom. The Morgan fingerprint density at radius 2 is 1.94 bits per heavy atom. The lowest BCUT2D eigenvalue weighted by atomic mass is 9.98. The van der Waals surface area contributed by atoms with Crippen LogP contribution in [0.2, 0.25) is 0 Å². The van der Waals surface area contributed by atoms with Crippen LogP contribution in [0.1, 0.15) is 37.7 Å². The van der Waals surface area contributed by atoms with Crippen LogP contribution in [0, 0.1) is 17.6 Å². The summed E-state index contributed by atoms with van der Waals surface area (Å²) >= 11 is 0. The quantitative estimate of drug-likeness (QED) is 0.820. The van der Waals surface area contributed by atoms with E-state index in [1.165, 1.54) is 31.7 Å². The molecule has 1 N–H and O–H groups in total. The number of aromatic amines is 1. The molecular weight excluding hydrogens is 232 g/mol. The number of aryl methyl sites for hydroxylation is 1. The minimum absolute atomic E-state index is 0.429. The van der Waals surface area contributed by atoms with Gasteiger partial charge in [0.05, 0.1) is 5.52 Å². The first-order valence-electron chi connectivity index (χ1n) is 6.69. The summed E-state index contributed by atoms with van der Waals surface area (Å²) in [6.07, 6.45) is 9.15. The van der Waals surface area contributed by atoms with Crippen LogP contribution in [0.4, 0.5) is 8.78 Å². The largest absolute Gasteiger partial charge is 0.359 e. The Morgan fingerprint density at radius 1 is 1.17 bits per heavy atom. The van der Waals surface area contributed by atoms with E-state index in [-0.39, 0.29) is 0 Å². The molecule has 0 unspecified atom stereocenters. The lowest BCUT2D eigenvalue weighted by Gasteiger charge is -2.07. The fraction of sp³-hybridized carbons (Fsp3) is 0.467. The number of benzene rings is 1. The van der Waals surface area contributed by atoms with Crippen molar-refractivity contribution in [2.75, 3.05) is 0 Å². The van der Waals surface area contributed by atoms with Crippen molar-refractivity contribution in [2.24, 2.45) is 5.92 Å². The monoisotopic (exact) mass is 249 g/mol. The molecule has 1 nitrogen and oxygen atoms in total. The van der Waals surface area contributed by atoms with Gasteiger partial charge >= 0.3 is 0 Å². The topological polar surface area (TPSA) is 15.8 Å². The van der Waals surface area contributed by atoms with E-state index in [1.54, 1.807) is 0 Å². The highest BCUT2D eigenvalue weighted by molar-refractivity contribution is 5.83. The molecule has 1 aromatic heterocycles. The highest BCUT2D eigenvalue weighted by Crippen LogP contribution is 2.30. The van der Waals surface area contributed by atoms with E-state index >= 15 is 0 Å². The first-order chi connectivity index (χ1) is 8.74. The molecule has 1 fully saturated rings. The van der Waals surface area contributed by atoms with Gasteiger partial charge < -0.3 is 4.98 Å². The second-order valence-electron chi connectivity index (χ2n) is 5.31. The molecule has 1 aromatic carbocycles. The molecule has 0 atom stereocenters. The molecule has 0 saturated heterocycles. The molecule has 2 aromatic rings. The summed E-state index contributed by atoms with van der Waals surface area (Å²) in [7, 11) is 0. The lowest BCUT2D eigenvalue weighted by Crippen LogP contribution is -1.95. The Kier molecular flexibility index (Phi) is 3.06. The van der Waals surface area contributed by atoms with E-state index in [2.05, 4.69) is 4.98 Å². The van der Waals surface area contributed by atoms with Gasteiger partial charge in [-0.1, -0.05) is 25.7 Å². The number of hydrogen-bond acceptors (Lipinski definition) is 0. The first-order valence-corrected chi connectivity index (χ1v) is 6.69.